The van der Waals surface area contributed by atoms with Crippen LogP contribution in [-0.4, -0.2) is 42.8 Å². The highest BCUT2D eigenvalue weighted by atomic mass is 19.4. The Morgan fingerprint density at radius 2 is 1.89 bits per heavy atom. The quantitative estimate of drug-likeness (QED) is 0.821. The number of hydrogen-bond donors (Lipinski definition) is 1. The third kappa shape index (κ3) is 5.99. The summed E-state index contributed by atoms with van der Waals surface area (Å²) in [5, 5.41) is 2.89. The van der Waals surface area contributed by atoms with Gasteiger partial charge in [0.15, 0.2) is 0 Å². The van der Waals surface area contributed by atoms with Gasteiger partial charge < -0.3 is 15.0 Å². The molecular formula is C20H27F3N2O2. The molecule has 1 aliphatic carbocycles. The van der Waals surface area contributed by atoms with Gasteiger partial charge in [-0.2, -0.15) is 13.2 Å². The first-order valence-corrected chi connectivity index (χ1v) is 8.89. The number of rotatable bonds is 3. The third-order valence-electron chi connectivity index (χ3n) is 4.44. The Balaban J connectivity index is 2.19. The number of alkyl carbamates (subject to hydrolysis) is 1. The molecule has 0 saturated carbocycles. The Morgan fingerprint density at radius 1 is 1.22 bits per heavy atom. The van der Waals surface area contributed by atoms with Gasteiger partial charge in [0.05, 0.1) is 11.6 Å². The van der Waals surface area contributed by atoms with Crippen LogP contribution in [0, 0.1) is 0 Å². The number of alkyl halides is 3. The second-order valence-corrected chi connectivity index (χ2v) is 8.03. The van der Waals surface area contributed by atoms with Gasteiger partial charge in [0.25, 0.3) is 0 Å². The minimum Gasteiger partial charge on any atom is -0.444 e. The van der Waals surface area contributed by atoms with Crippen molar-refractivity contribution in [2.45, 2.75) is 57.5 Å². The van der Waals surface area contributed by atoms with Crippen LogP contribution in [0.15, 0.2) is 30.3 Å². The summed E-state index contributed by atoms with van der Waals surface area (Å²) in [5.41, 5.74) is 0.163. The second-order valence-electron chi connectivity index (χ2n) is 8.03. The fraction of sp³-hybridized carbons (Fsp3) is 0.550. The van der Waals surface area contributed by atoms with E-state index in [-0.39, 0.29) is 12.1 Å². The molecule has 7 heteroatoms. The summed E-state index contributed by atoms with van der Waals surface area (Å²) in [6.07, 6.45) is -1.90. The number of hydrogen-bond acceptors (Lipinski definition) is 3. The van der Waals surface area contributed by atoms with E-state index >= 15 is 0 Å². The van der Waals surface area contributed by atoms with E-state index in [1.54, 1.807) is 26.8 Å². The van der Waals surface area contributed by atoms with E-state index in [2.05, 4.69) is 5.32 Å². The summed E-state index contributed by atoms with van der Waals surface area (Å²) in [4.78, 5) is 14.1. The molecule has 1 amide bonds. The molecule has 27 heavy (non-hydrogen) atoms. The number of benzene rings is 1. The van der Waals surface area contributed by atoms with Crippen molar-refractivity contribution in [3.8, 4) is 0 Å². The van der Waals surface area contributed by atoms with Crippen molar-refractivity contribution in [3.63, 3.8) is 0 Å². The van der Waals surface area contributed by atoms with E-state index < -0.39 is 23.4 Å². The number of likely N-dealkylation sites (N-methyl/N-ethyl adjacent to an activating group) is 1. The largest absolute Gasteiger partial charge is 0.444 e. The van der Waals surface area contributed by atoms with Crippen molar-refractivity contribution >= 4 is 11.7 Å². The standard InChI is InChI=1S/C20H27F3N2O2/c1-19(2,3)27-18(26)24-16-10-9-14(12-17(16)25(4)5)13-7-6-8-15(11-13)20(21,22)23/h6-9,11,16-17H,10,12H2,1-5H3,(H,24,26)/t16-,17-/m0/s1. The minimum atomic E-state index is -4.37. The van der Waals surface area contributed by atoms with Crippen LogP contribution in [0.5, 0.6) is 0 Å². The van der Waals surface area contributed by atoms with Crippen molar-refractivity contribution in [2.24, 2.45) is 0 Å². The molecule has 0 aromatic heterocycles. The molecule has 0 unspecified atom stereocenters. The number of carbonyl (C=O) groups excluding carboxylic acids is 1. The van der Waals surface area contributed by atoms with E-state index in [1.165, 1.54) is 12.1 Å². The van der Waals surface area contributed by atoms with Gasteiger partial charge in [0.1, 0.15) is 5.60 Å². The van der Waals surface area contributed by atoms with Crippen molar-refractivity contribution in [1.29, 1.82) is 0 Å². The topological polar surface area (TPSA) is 41.6 Å². The Hall–Kier alpha value is -2.02. The highest BCUT2D eigenvalue weighted by Crippen LogP contribution is 2.34. The van der Waals surface area contributed by atoms with Crippen LogP contribution >= 0.6 is 0 Å². The van der Waals surface area contributed by atoms with E-state index in [1.807, 2.05) is 25.1 Å². The molecule has 1 N–H and O–H groups in total. The van der Waals surface area contributed by atoms with Crippen LogP contribution < -0.4 is 5.32 Å². The number of ether oxygens (including phenoxy) is 1. The zero-order valence-electron chi connectivity index (χ0n) is 16.4. The monoisotopic (exact) mass is 384 g/mol. The molecule has 4 nitrogen and oxygen atoms in total. The molecule has 2 rings (SSSR count). The summed E-state index contributed by atoms with van der Waals surface area (Å²) < 4.78 is 44.3. The first kappa shape index (κ1) is 21.3. The molecule has 1 aliphatic rings. The lowest BCUT2D eigenvalue weighted by Crippen LogP contribution is -2.51. The molecule has 0 bridgehead atoms. The molecule has 2 atom stereocenters. The maximum Gasteiger partial charge on any atom is 0.416 e. The molecule has 0 fully saturated rings. The van der Waals surface area contributed by atoms with E-state index in [9.17, 15) is 18.0 Å². The normalized spacial score (nSPS) is 21.0. The highest BCUT2D eigenvalue weighted by molar-refractivity contribution is 5.70. The summed E-state index contributed by atoms with van der Waals surface area (Å²) in [7, 11) is 3.78. The van der Waals surface area contributed by atoms with Crippen molar-refractivity contribution in [2.75, 3.05) is 14.1 Å². The lowest BCUT2D eigenvalue weighted by Gasteiger charge is -2.36. The minimum absolute atomic E-state index is 0.0490. The Morgan fingerprint density at radius 3 is 2.44 bits per heavy atom. The van der Waals surface area contributed by atoms with Crippen LogP contribution in [-0.2, 0) is 10.9 Å². The van der Waals surface area contributed by atoms with Gasteiger partial charge in [-0.1, -0.05) is 18.2 Å². The lowest BCUT2D eigenvalue weighted by molar-refractivity contribution is -0.137. The van der Waals surface area contributed by atoms with Gasteiger partial charge in [0.2, 0.25) is 0 Å². The molecule has 1 aromatic rings. The van der Waals surface area contributed by atoms with Crippen LogP contribution in [0.2, 0.25) is 0 Å². The lowest BCUT2D eigenvalue weighted by atomic mass is 9.85. The zero-order chi connectivity index (χ0) is 20.4. The molecule has 0 saturated heterocycles. The molecular weight excluding hydrogens is 357 g/mol. The summed E-state index contributed by atoms with van der Waals surface area (Å²) >= 11 is 0. The average molecular weight is 384 g/mol. The molecule has 150 valence electrons. The first-order valence-electron chi connectivity index (χ1n) is 8.89. The molecule has 0 spiro atoms. The second kappa shape index (κ2) is 7.92. The molecule has 0 radical (unpaired) electrons. The first-order chi connectivity index (χ1) is 12.4. The third-order valence-corrected chi connectivity index (χ3v) is 4.44. The molecule has 1 aromatic carbocycles. The van der Waals surface area contributed by atoms with Crippen molar-refractivity contribution < 1.29 is 22.7 Å². The van der Waals surface area contributed by atoms with Crippen molar-refractivity contribution in [1.82, 2.24) is 10.2 Å². The summed E-state index contributed by atoms with van der Waals surface area (Å²) in [5.74, 6) is 0. The number of halogens is 3. The summed E-state index contributed by atoms with van der Waals surface area (Å²) in [6, 6.07) is 5.14. The Kier molecular flexibility index (Phi) is 6.24. The van der Waals surface area contributed by atoms with E-state index in [0.717, 1.165) is 11.6 Å². The van der Waals surface area contributed by atoms with Gasteiger partial charge in [-0.05, 0) is 71.0 Å². The van der Waals surface area contributed by atoms with E-state index in [4.69, 9.17) is 4.74 Å². The van der Waals surface area contributed by atoms with Crippen LogP contribution in [0.3, 0.4) is 0 Å². The maximum atomic E-state index is 13.0. The summed E-state index contributed by atoms with van der Waals surface area (Å²) in [6.45, 7) is 5.38. The fourth-order valence-electron chi connectivity index (χ4n) is 3.16. The predicted octanol–water partition coefficient (Wildman–Crippen LogP) is 4.71. The van der Waals surface area contributed by atoms with E-state index in [0.29, 0.717) is 18.4 Å². The molecule has 0 heterocycles. The predicted molar refractivity (Wildman–Crippen MR) is 99.3 cm³/mol. The van der Waals surface area contributed by atoms with Crippen molar-refractivity contribution in [3.05, 3.63) is 41.5 Å². The maximum absolute atomic E-state index is 13.0. The number of nitrogens with zero attached hydrogens (tertiary/aromatic N) is 1. The highest BCUT2D eigenvalue weighted by Gasteiger charge is 2.33. The van der Waals surface area contributed by atoms with Gasteiger partial charge in [-0.15, -0.1) is 0 Å². The van der Waals surface area contributed by atoms with Gasteiger partial charge in [-0.25, -0.2) is 4.79 Å². The number of amides is 1. The smallest absolute Gasteiger partial charge is 0.416 e. The van der Waals surface area contributed by atoms with Crippen LogP contribution in [0.25, 0.3) is 5.57 Å². The SMILES string of the molecule is CN(C)[C@H]1CC(c2cccc(C(F)(F)F)c2)=CC[C@@H]1NC(=O)OC(C)(C)C. The van der Waals surface area contributed by atoms with Crippen LogP contribution in [0.1, 0.15) is 44.7 Å². The average Bonchev–Trinajstić information content (AvgIpc) is 2.52. The zero-order valence-corrected chi connectivity index (χ0v) is 16.4. The van der Waals surface area contributed by atoms with Gasteiger partial charge in [0, 0.05) is 6.04 Å². The van der Waals surface area contributed by atoms with Gasteiger partial charge in [-0.3, -0.25) is 0 Å². The molecule has 0 aliphatic heterocycles. The van der Waals surface area contributed by atoms with Gasteiger partial charge >= 0.3 is 12.3 Å². The number of nitrogens with one attached hydrogen (secondary N) is 1. The number of carbonyl (C=O) groups is 1. The Bertz CT molecular complexity index is 706. The van der Waals surface area contributed by atoms with Crippen LogP contribution in [0.4, 0.5) is 18.0 Å². The fourth-order valence-corrected chi connectivity index (χ4v) is 3.16. The Labute approximate surface area is 158 Å².